The van der Waals surface area contributed by atoms with Crippen molar-refractivity contribution in [2.45, 2.75) is 98.5 Å². The molecule has 3 aromatic carbocycles. The summed E-state index contributed by atoms with van der Waals surface area (Å²) in [5, 5.41) is 26.3. The minimum atomic E-state index is -1.00. The van der Waals surface area contributed by atoms with E-state index in [1.165, 1.54) is 12.0 Å². The summed E-state index contributed by atoms with van der Waals surface area (Å²) < 4.78 is 12.9. The molecule has 6 aromatic rings. The van der Waals surface area contributed by atoms with Gasteiger partial charge in [0.05, 0.1) is 47.5 Å². The Morgan fingerprint density at radius 1 is 0.882 bits per heavy atom. The fraction of sp³-hybridized carbons (Fsp3) is 0.373. The molecule has 3 aromatic heterocycles. The first-order valence-electron chi connectivity index (χ1n) is 22.5. The van der Waals surface area contributed by atoms with Gasteiger partial charge in [0, 0.05) is 29.0 Å². The number of methoxy groups -OCH3 is 1. The van der Waals surface area contributed by atoms with E-state index in [0.717, 1.165) is 65.1 Å². The van der Waals surface area contributed by atoms with Crippen molar-refractivity contribution in [1.29, 1.82) is 0 Å². The van der Waals surface area contributed by atoms with Crippen LogP contribution in [0.5, 0.6) is 5.75 Å². The summed E-state index contributed by atoms with van der Waals surface area (Å²) in [5.74, 6) is 0.0334. The van der Waals surface area contributed by atoms with Gasteiger partial charge in [0.1, 0.15) is 34.7 Å². The third kappa shape index (κ3) is 9.87. The predicted molar refractivity (Wildman–Crippen MR) is 262 cm³/mol. The lowest BCUT2D eigenvalue weighted by molar-refractivity contribution is -0.144. The SMILES string of the molecule is COC(=O)C[C@@H]1N=C(c2ccc(-c3ccc(OCC(=O)N[C@H](C(=O)N4C[C@H](O)C[C@H]4C(=O)N[C@@H](C)c4ccc(-c5scnc5C)cc4)C(C)(C)C)cc3)cc2)c2c(sc(C)c2C)-n2c(C)nnc21. The highest BCUT2D eigenvalue weighted by Crippen LogP contribution is 2.40. The van der Waals surface area contributed by atoms with Crippen LogP contribution in [0.15, 0.2) is 83.3 Å². The Kier molecular flexibility index (Phi) is 13.8. The monoisotopic (exact) mass is 956 g/mol. The number of aliphatic imine (C=N–C) groups is 1. The zero-order valence-corrected chi connectivity index (χ0v) is 41.3. The summed E-state index contributed by atoms with van der Waals surface area (Å²) in [6.45, 7) is 15.0. The molecule has 15 nitrogen and oxygen atoms in total. The van der Waals surface area contributed by atoms with Crippen molar-refractivity contribution >= 4 is 52.1 Å². The van der Waals surface area contributed by atoms with Crippen LogP contribution in [0.2, 0.25) is 0 Å². The molecule has 2 aliphatic heterocycles. The number of nitrogens with one attached hydrogen (secondary N) is 2. The zero-order valence-electron chi connectivity index (χ0n) is 39.6. The largest absolute Gasteiger partial charge is 0.484 e. The second-order valence-electron chi connectivity index (χ2n) is 18.5. The van der Waals surface area contributed by atoms with Gasteiger partial charge in [-0.15, -0.1) is 32.9 Å². The number of benzene rings is 3. The second-order valence-corrected chi connectivity index (χ2v) is 20.5. The number of likely N-dealkylation sites (tertiary alicyclic amines) is 1. The van der Waals surface area contributed by atoms with Gasteiger partial charge in [0.25, 0.3) is 5.91 Å². The van der Waals surface area contributed by atoms with Crippen molar-refractivity contribution in [2.75, 3.05) is 20.3 Å². The van der Waals surface area contributed by atoms with Crippen LogP contribution in [-0.2, 0) is 23.9 Å². The Morgan fingerprint density at radius 3 is 2.16 bits per heavy atom. The van der Waals surface area contributed by atoms with Crippen molar-refractivity contribution in [1.82, 2.24) is 35.3 Å². The number of aryl methyl sites for hydroxylation is 3. The van der Waals surface area contributed by atoms with E-state index in [-0.39, 0.29) is 37.9 Å². The van der Waals surface area contributed by atoms with Crippen molar-refractivity contribution < 1.29 is 33.8 Å². The van der Waals surface area contributed by atoms with E-state index in [4.69, 9.17) is 14.5 Å². The maximum atomic E-state index is 14.2. The molecule has 3 N–H and O–H groups in total. The lowest BCUT2D eigenvalue weighted by atomic mass is 9.85. The van der Waals surface area contributed by atoms with E-state index in [2.05, 4.69) is 39.7 Å². The molecule has 1 fully saturated rings. The van der Waals surface area contributed by atoms with Gasteiger partial charge in [-0.2, -0.15) is 0 Å². The number of amides is 3. The highest BCUT2D eigenvalue weighted by molar-refractivity contribution is 7.15. The van der Waals surface area contributed by atoms with Crippen LogP contribution in [0.4, 0.5) is 0 Å². The molecule has 1 saturated heterocycles. The quantitative estimate of drug-likeness (QED) is 0.0975. The van der Waals surface area contributed by atoms with Gasteiger partial charge in [-0.25, -0.2) is 4.98 Å². The molecular weight excluding hydrogens is 901 g/mol. The predicted octanol–water partition coefficient (Wildman–Crippen LogP) is 7.56. The molecule has 0 saturated carbocycles. The van der Waals surface area contributed by atoms with E-state index in [1.807, 2.05) is 112 Å². The molecule has 17 heteroatoms. The van der Waals surface area contributed by atoms with Crippen LogP contribution < -0.4 is 15.4 Å². The molecule has 354 valence electrons. The smallest absolute Gasteiger partial charge is 0.308 e. The number of aliphatic hydroxyl groups excluding tert-OH is 1. The fourth-order valence-corrected chi connectivity index (χ4v) is 10.7. The summed E-state index contributed by atoms with van der Waals surface area (Å²) in [7, 11) is 1.36. The van der Waals surface area contributed by atoms with Crippen LogP contribution in [0.25, 0.3) is 26.6 Å². The number of carbonyl (C=O) groups is 4. The maximum Gasteiger partial charge on any atom is 0.308 e. The Hall–Kier alpha value is -6.56. The number of aliphatic hydroxyl groups is 1. The normalized spacial score (nSPS) is 17.6. The van der Waals surface area contributed by atoms with E-state index in [1.54, 1.807) is 34.8 Å². The van der Waals surface area contributed by atoms with Crippen LogP contribution in [-0.4, -0.2) is 97.6 Å². The van der Waals surface area contributed by atoms with Crippen LogP contribution in [0, 0.1) is 33.1 Å². The summed E-state index contributed by atoms with van der Waals surface area (Å²) in [5.41, 5.74) is 9.57. The standard InChI is InChI=1S/C51H56N8O7S2/c1-27-30(4)68-50-43(27)44(54-39(23-42(62)65-9)47-57-56-31(5)59(47)50)35-14-12-33(13-15-35)34-18-20-38(21-19-34)66-25-41(61)55-46(51(6,7)8)49(64)58-24-37(60)22-40(58)48(63)53-28(2)32-10-16-36(17-11-32)45-29(3)52-26-67-45/h10-21,26,28,37,39-40,46,60H,22-25H2,1-9H3,(H,53,63)(H,55,61)/t28-,37+,39-,40-,46+/m0/s1. The highest BCUT2D eigenvalue weighted by atomic mass is 32.1. The number of nitrogens with zero attached hydrogens (tertiary/aromatic N) is 6. The number of thiophene rings is 1. The first-order chi connectivity index (χ1) is 32.4. The lowest BCUT2D eigenvalue weighted by Gasteiger charge is -2.35. The number of thiazole rings is 1. The third-order valence-electron chi connectivity index (χ3n) is 12.6. The molecule has 3 amide bonds. The Bertz CT molecular complexity index is 2880. The van der Waals surface area contributed by atoms with Gasteiger partial charge >= 0.3 is 5.97 Å². The summed E-state index contributed by atoms with van der Waals surface area (Å²) in [6, 6.07) is 20.5. The van der Waals surface area contributed by atoms with Crippen LogP contribution >= 0.6 is 22.7 Å². The molecule has 0 spiro atoms. The van der Waals surface area contributed by atoms with Crippen molar-refractivity contribution in [3.63, 3.8) is 0 Å². The van der Waals surface area contributed by atoms with Gasteiger partial charge < -0.3 is 30.1 Å². The molecule has 0 unspecified atom stereocenters. The number of hydrogen-bond donors (Lipinski definition) is 3. The molecular formula is C51H56N8O7S2. The van der Waals surface area contributed by atoms with Gasteiger partial charge in [0.2, 0.25) is 11.8 Å². The third-order valence-corrected chi connectivity index (χ3v) is 14.8. The number of aromatic nitrogens is 4. The summed E-state index contributed by atoms with van der Waals surface area (Å²) >= 11 is 3.22. The van der Waals surface area contributed by atoms with Crippen LogP contribution in [0.3, 0.4) is 0 Å². The Balaban J connectivity index is 0.905. The van der Waals surface area contributed by atoms with Gasteiger partial charge in [-0.05, 0) is 80.0 Å². The number of hydrogen-bond acceptors (Lipinski definition) is 13. The maximum absolute atomic E-state index is 14.2. The van der Waals surface area contributed by atoms with Crippen LogP contribution in [0.1, 0.15) is 97.1 Å². The first kappa shape index (κ1) is 47.9. The number of carbonyl (C=O) groups excluding carboxylic acids is 4. The lowest BCUT2D eigenvalue weighted by Crippen LogP contribution is -2.58. The molecule has 5 heterocycles. The Labute approximate surface area is 403 Å². The topological polar surface area (TPSA) is 190 Å². The second kappa shape index (κ2) is 19.6. The van der Waals surface area contributed by atoms with E-state index >= 15 is 0 Å². The van der Waals surface area contributed by atoms with Crippen molar-refractivity contribution in [3.8, 4) is 32.3 Å². The van der Waals surface area contributed by atoms with Gasteiger partial charge in [0.15, 0.2) is 12.4 Å². The number of ether oxygens (including phenoxy) is 2. The first-order valence-corrected chi connectivity index (χ1v) is 24.2. The van der Waals surface area contributed by atoms with E-state index < -0.39 is 47.4 Å². The molecule has 2 aliphatic rings. The molecule has 5 atom stereocenters. The highest BCUT2D eigenvalue weighted by Gasteiger charge is 2.45. The molecule has 0 aliphatic carbocycles. The number of β-amino-alcohol motifs (C(OH)–C–C–N with tert-alkyl or cyclic N) is 1. The minimum absolute atomic E-state index is 0.0187. The summed E-state index contributed by atoms with van der Waals surface area (Å²) in [6.07, 6.45) is -0.797. The summed E-state index contributed by atoms with van der Waals surface area (Å²) in [4.78, 5) is 67.1. The van der Waals surface area contributed by atoms with E-state index in [0.29, 0.717) is 17.4 Å². The fourth-order valence-electron chi connectivity index (χ4n) is 8.70. The van der Waals surface area contributed by atoms with E-state index in [9.17, 15) is 24.3 Å². The molecule has 68 heavy (non-hydrogen) atoms. The van der Waals surface area contributed by atoms with Crippen molar-refractivity contribution in [3.05, 3.63) is 123 Å². The molecule has 8 rings (SSSR count). The molecule has 0 radical (unpaired) electrons. The Morgan fingerprint density at radius 2 is 1.53 bits per heavy atom. The number of esters is 1. The zero-order chi connectivity index (χ0) is 48.6. The number of rotatable bonds is 13. The van der Waals surface area contributed by atoms with Crippen molar-refractivity contribution in [2.24, 2.45) is 10.4 Å². The molecule has 0 bridgehead atoms. The number of fused-ring (bicyclic) bond motifs is 3. The average Bonchev–Trinajstić information content (AvgIpc) is 4.09. The van der Waals surface area contributed by atoms with Gasteiger partial charge in [-0.1, -0.05) is 81.4 Å². The van der Waals surface area contributed by atoms with Gasteiger partial charge in [-0.3, -0.25) is 28.7 Å². The average molecular weight is 957 g/mol. The minimum Gasteiger partial charge on any atom is -0.484 e.